The molecule has 0 unspecified atom stereocenters. The number of aliphatic hydroxyl groups is 2. The number of nitrogens with one attached hydrogen (secondary N) is 6. The fourth-order valence-electron chi connectivity index (χ4n) is 3.24. The first-order valence-electron chi connectivity index (χ1n) is 13.6. The normalized spacial score (nSPS) is 14.6. The van der Waals surface area contributed by atoms with Crippen molar-refractivity contribution in [1.82, 2.24) is 31.9 Å². The lowest BCUT2D eigenvalue weighted by Crippen LogP contribution is -2.42. The molecule has 3 fully saturated rings. The molecule has 0 radical (unpaired) electrons. The number of hydrogen-bond donors (Lipinski definition) is 14. The molecule has 0 aromatic carbocycles. The summed E-state index contributed by atoms with van der Waals surface area (Å²) >= 11 is 0. The number of rotatable bonds is 10. The average molecular weight is 733 g/mol. The smallest absolute Gasteiger partial charge is 0.336 e. The number of hydrogen-bond acceptors (Lipinski definition) is 14. The van der Waals surface area contributed by atoms with Gasteiger partial charge in [0.05, 0.1) is 25.7 Å². The highest BCUT2D eigenvalue weighted by Gasteiger charge is 2.41. The second kappa shape index (κ2) is 35.6. The van der Waals surface area contributed by atoms with Crippen molar-refractivity contribution in [1.29, 1.82) is 0 Å². The maximum atomic E-state index is 10.3. The summed E-state index contributed by atoms with van der Waals surface area (Å²) in [5.74, 6) is -10.0. The van der Waals surface area contributed by atoms with Gasteiger partial charge >= 0.3 is 35.8 Å². The van der Waals surface area contributed by atoms with E-state index in [2.05, 4.69) is 31.9 Å². The van der Waals surface area contributed by atoms with E-state index >= 15 is 0 Å². The van der Waals surface area contributed by atoms with Crippen LogP contribution in [0.4, 0.5) is 0 Å². The van der Waals surface area contributed by atoms with Gasteiger partial charge in [-0.3, -0.25) is 19.2 Å². The molecule has 0 bridgehead atoms. The molecule has 49 heavy (non-hydrogen) atoms. The minimum absolute atomic E-state index is 0. The summed E-state index contributed by atoms with van der Waals surface area (Å²) in [6, 6.07) is 0. The Balaban J connectivity index is -0.0000000912. The third-order valence-electron chi connectivity index (χ3n) is 5.44. The Hall–Kier alpha value is -3.70. The predicted octanol–water partition coefficient (Wildman–Crippen LogP) is -9.08. The quantitative estimate of drug-likeness (QED) is 0.0991. The molecule has 25 nitrogen and oxygen atoms in total. The second-order valence-corrected chi connectivity index (χ2v) is 9.46. The molecule has 0 aromatic heterocycles. The highest BCUT2D eigenvalue weighted by atomic mass is 16.4. The second-order valence-electron chi connectivity index (χ2n) is 9.46. The Morgan fingerprint density at radius 2 is 0.469 bits per heavy atom. The molecule has 3 rings (SSSR count). The summed E-state index contributed by atoms with van der Waals surface area (Å²) in [5.41, 5.74) is -5.48. The van der Waals surface area contributed by atoms with Crippen molar-refractivity contribution in [2.75, 3.05) is 78.5 Å². The maximum absolute atomic E-state index is 10.3. The molecule has 0 amide bonds. The van der Waals surface area contributed by atoms with Gasteiger partial charge in [0.2, 0.25) is 0 Å². The van der Waals surface area contributed by atoms with Crippen molar-refractivity contribution in [3.05, 3.63) is 0 Å². The van der Waals surface area contributed by atoms with E-state index < -0.39 is 72.7 Å². The van der Waals surface area contributed by atoms with E-state index in [0.717, 1.165) is 78.5 Å². The van der Waals surface area contributed by atoms with E-state index in [1.54, 1.807) is 0 Å². The van der Waals surface area contributed by atoms with Gasteiger partial charge < -0.3 is 100 Å². The Kier molecular flexibility index (Phi) is 44.0. The molecular formula is C24H56N6O19. The van der Waals surface area contributed by atoms with Gasteiger partial charge in [-0.15, -0.1) is 0 Å². The van der Waals surface area contributed by atoms with Crippen LogP contribution in [-0.2, 0) is 28.8 Å². The highest BCUT2D eigenvalue weighted by Crippen LogP contribution is 2.16. The minimum atomic E-state index is -2.74. The van der Waals surface area contributed by atoms with Crippen LogP contribution in [0.5, 0.6) is 0 Å². The first kappa shape index (κ1) is 60.6. The number of carboxylic acid groups (broad SMARTS) is 6. The summed E-state index contributed by atoms with van der Waals surface area (Å²) in [6.07, 6.45) is -4.58. The maximum Gasteiger partial charge on any atom is 0.336 e. The zero-order valence-electron chi connectivity index (χ0n) is 26.8. The van der Waals surface area contributed by atoms with Crippen LogP contribution in [0.1, 0.15) is 25.7 Å². The SMILES string of the molecule is C1CNCCN1.C1CNCCN1.C1CNCCN1.O.O.O.O.O.O=C(O)CC(O)(CC(=O)O)C(=O)O.O=C(O)CC(O)(CC(=O)O)C(=O)O. The number of aliphatic carboxylic acids is 6. The molecule has 0 aliphatic carbocycles. The van der Waals surface area contributed by atoms with Gasteiger partial charge in [-0.2, -0.15) is 0 Å². The lowest BCUT2D eigenvalue weighted by Gasteiger charge is -2.18. The van der Waals surface area contributed by atoms with Gasteiger partial charge in [0.25, 0.3) is 0 Å². The van der Waals surface area contributed by atoms with Gasteiger partial charge in [0.15, 0.2) is 11.2 Å². The van der Waals surface area contributed by atoms with Crippen LogP contribution in [0, 0.1) is 0 Å². The monoisotopic (exact) mass is 732 g/mol. The van der Waals surface area contributed by atoms with Crippen molar-refractivity contribution in [2.24, 2.45) is 0 Å². The fraction of sp³-hybridized carbons (Fsp3) is 0.750. The topological polar surface area (TPSA) is 494 Å². The predicted molar refractivity (Wildman–Crippen MR) is 169 cm³/mol. The molecule has 0 spiro atoms. The Labute approximate surface area is 280 Å². The van der Waals surface area contributed by atoms with Gasteiger partial charge in [0, 0.05) is 78.5 Å². The van der Waals surface area contributed by atoms with Crippen LogP contribution in [-0.4, -0.2) is 194 Å². The first-order valence-corrected chi connectivity index (χ1v) is 13.6. The standard InChI is InChI=1S/2C6H8O7.3C4H10N2.5H2O/c2*7-3(8)1-6(13,5(11)12)2-4(9)10;3*1-2-6-4-3-5-1;;;;;/h2*13H,1-2H2,(H,7,8)(H,9,10)(H,11,12);3*5-6H,1-4H2;5*1H2. The first-order chi connectivity index (χ1) is 20.6. The average Bonchev–Trinajstić information content (AvgIpc) is 2.95. The lowest BCUT2D eigenvalue weighted by molar-refractivity contribution is -0.170. The van der Waals surface area contributed by atoms with E-state index in [4.69, 9.17) is 40.9 Å². The van der Waals surface area contributed by atoms with Gasteiger partial charge in [-0.25, -0.2) is 9.59 Å². The van der Waals surface area contributed by atoms with Crippen molar-refractivity contribution in [2.45, 2.75) is 36.9 Å². The van der Waals surface area contributed by atoms with E-state index in [0.29, 0.717) is 0 Å². The summed E-state index contributed by atoms with van der Waals surface area (Å²) in [7, 11) is 0. The van der Waals surface area contributed by atoms with Gasteiger partial charge in [-0.05, 0) is 0 Å². The number of carbonyl (C=O) groups is 6. The lowest BCUT2D eigenvalue weighted by atomic mass is 9.96. The summed E-state index contributed by atoms with van der Waals surface area (Å²) in [5, 5.41) is 87.0. The van der Waals surface area contributed by atoms with E-state index in [-0.39, 0.29) is 27.4 Å². The molecule has 0 saturated carbocycles. The number of piperazine rings is 3. The molecule has 0 aromatic rings. The molecule has 3 aliphatic heterocycles. The summed E-state index contributed by atoms with van der Waals surface area (Å²) in [6.45, 7) is 13.7. The Bertz CT molecular complexity index is 740. The molecule has 0 atom stereocenters. The molecule has 24 N–H and O–H groups in total. The Morgan fingerprint density at radius 1 is 0.347 bits per heavy atom. The third-order valence-corrected chi connectivity index (χ3v) is 5.44. The zero-order chi connectivity index (χ0) is 34.0. The largest absolute Gasteiger partial charge is 0.481 e. The van der Waals surface area contributed by atoms with Crippen LogP contribution < -0.4 is 31.9 Å². The summed E-state index contributed by atoms with van der Waals surface area (Å²) < 4.78 is 0. The fourth-order valence-corrected chi connectivity index (χ4v) is 3.24. The van der Waals surface area contributed by atoms with Crippen LogP contribution in [0.3, 0.4) is 0 Å². The number of carboxylic acids is 6. The van der Waals surface area contributed by atoms with Crippen LogP contribution >= 0.6 is 0 Å². The van der Waals surface area contributed by atoms with E-state index in [1.165, 1.54) is 0 Å². The highest BCUT2D eigenvalue weighted by molar-refractivity contribution is 5.88. The van der Waals surface area contributed by atoms with E-state index in [1.807, 2.05) is 0 Å². The van der Waals surface area contributed by atoms with Crippen molar-refractivity contribution < 1.29 is 97.0 Å². The van der Waals surface area contributed by atoms with Crippen LogP contribution in [0.2, 0.25) is 0 Å². The zero-order valence-corrected chi connectivity index (χ0v) is 26.8. The van der Waals surface area contributed by atoms with E-state index in [9.17, 15) is 28.8 Å². The van der Waals surface area contributed by atoms with Gasteiger partial charge in [-0.1, -0.05) is 0 Å². The Morgan fingerprint density at radius 3 is 0.531 bits per heavy atom. The van der Waals surface area contributed by atoms with Crippen LogP contribution in [0.15, 0.2) is 0 Å². The molecular weight excluding hydrogens is 676 g/mol. The molecule has 3 aliphatic rings. The van der Waals surface area contributed by atoms with Crippen molar-refractivity contribution >= 4 is 35.8 Å². The van der Waals surface area contributed by atoms with Crippen molar-refractivity contribution in [3.63, 3.8) is 0 Å². The minimum Gasteiger partial charge on any atom is -0.481 e. The molecule has 296 valence electrons. The third kappa shape index (κ3) is 37.0. The molecule has 3 saturated heterocycles. The molecule has 3 heterocycles. The van der Waals surface area contributed by atoms with Gasteiger partial charge in [0.1, 0.15) is 0 Å². The molecule has 25 heteroatoms. The summed E-state index contributed by atoms with van der Waals surface area (Å²) in [4.78, 5) is 61.0. The van der Waals surface area contributed by atoms with Crippen LogP contribution in [0.25, 0.3) is 0 Å². The van der Waals surface area contributed by atoms with Crippen molar-refractivity contribution in [3.8, 4) is 0 Å².